The van der Waals surface area contributed by atoms with E-state index in [2.05, 4.69) is 5.10 Å². The maximum Gasteiger partial charge on any atom is 0.275 e. The lowest BCUT2D eigenvalue weighted by Crippen LogP contribution is -2.22. The molecule has 4 rings (SSSR count). The van der Waals surface area contributed by atoms with Gasteiger partial charge in [-0.2, -0.15) is 0 Å². The van der Waals surface area contributed by atoms with Gasteiger partial charge in [0, 0.05) is 10.6 Å². The highest BCUT2D eigenvalue weighted by Gasteiger charge is 2.21. The summed E-state index contributed by atoms with van der Waals surface area (Å²) in [6.07, 6.45) is 0. The topological polar surface area (TPSA) is 37.8 Å². The van der Waals surface area contributed by atoms with Crippen molar-refractivity contribution in [2.45, 2.75) is 19.9 Å². The van der Waals surface area contributed by atoms with Crippen LogP contribution in [0.3, 0.4) is 0 Å². The normalized spacial score (nSPS) is 12.1. The quantitative estimate of drug-likeness (QED) is 0.452. The summed E-state index contributed by atoms with van der Waals surface area (Å²) in [7, 11) is 0. The van der Waals surface area contributed by atoms with Crippen molar-refractivity contribution in [1.82, 2.24) is 9.78 Å². The highest BCUT2D eigenvalue weighted by molar-refractivity contribution is 6.31. The molecule has 140 valence electrons. The number of rotatable bonds is 4. The van der Waals surface area contributed by atoms with E-state index in [-0.39, 0.29) is 11.6 Å². The molecule has 0 saturated heterocycles. The zero-order valence-corrected chi connectivity index (χ0v) is 16.6. The first-order chi connectivity index (χ1) is 13.6. The predicted molar refractivity (Wildman–Crippen MR) is 116 cm³/mol. The molecule has 1 unspecified atom stereocenters. The number of H-pyrrole nitrogens is 1. The Morgan fingerprint density at radius 1 is 0.893 bits per heavy atom. The van der Waals surface area contributed by atoms with E-state index in [9.17, 15) is 4.79 Å². The minimum atomic E-state index is -0.175. The number of aromatic nitrogens is 2. The van der Waals surface area contributed by atoms with Crippen molar-refractivity contribution in [2.75, 3.05) is 0 Å². The Kier molecular flexibility index (Phi) is 4.93. The fraction of sp³-hybridized carbons (Fsp3) is 0.125. The van der Waals surface area contributed by atoms with E-state index >= 15 is 0 Å². The van der Waals surface area contributed by atoms with Gasteiger partial charge in [0.2, 0.25) is 0 Å². The third-order valence-electron chi connectivity index (χ3n) is 5.11. The van der Waals surface area contributed by atoms with E-state index in [0.29, 0.717) is 10.6 Å². The van der Waals surface area contributed by atoms with Crippen LogP contribution in [-0.2, 0) is 0 Å². The van der Waals surface area contributed by atoms with E-state index in [1.165, 1.54) is 0 Å². The van der Waals surface area contributed by atoms with E-state index in [1.807, 2.05) is 92.7 Å². The lowest BCUT2D eigenvalue weighted by Gasteiger charge is -2.14. The van der Waals surface area contributed by atoms with Crippen LogP contribution in [0.1, 0.15) is 24.1 Å². The first kappa shape index (κ1) is 18.3. The number of aromatic amines is 1. The largest absolute Gasteiger partial charge is 0.294 e. The average molecular weight is 389 g/mol. The van der Waals surface area contributed by atoms with Crippen LogP contribution in [0.4, 0.5) is 0 Å². The van der Waals surface area contributed by atoms with Crippen molar-refractivity contribution in [3.05, 3.63) is 105 Å². The molecular weight excluding hydrogens is 368 g/mol. The summed E-state index contributed by atoms with van der Waals surface area (Å²) in [5.41, 5.74) is 5.33. The molecule has 3 aromatic carbocycles. The lowest BCUT2D eigenvalue weighted by atomic mass is 10.0. The Labute approximate surface area is 169 Å². The third-order valence-corrected chi connectivity index (χ3v) is 5.51. The number of hydrogen-bond donors (Lipinski definition) is 1. The fourth-order valence-corrected chi connectivity index (χ4v) is 3.62. The van der Waals surface area contributed by atoms with Crippen LogP contribution < -0.4 is 5.56 Å². The number of halogens is 1. The molecule has 0 bridgehead atoms. The first-order valence-electron chi connectivity index (χ1n) is 9.27. The van der Waals surface area contributed by atoms with Gasteiger partial charge in [-0.1, -0.05) is 84.4 Å². The molecule has 1 aromatic heterocycles. The third kappa shape index (κ3) is 3.30. The summed E-state index contributed by atoms with van der Waals surface area (Å²) >= 11 is 6.32. The Bertz CT molecular complexity index is 1160. The predicted octanol–water partition coefficient (Wildman–Crippen LogP) is 6.08. The molecule has 28 heavy (non-hydrogen) atoms. The maximum atomic E-state index is 13.4. The van der Waals surface area contributed by atoms with Crippen molar-refractivity contribution in [3.8, 4) is 22.4 Å². The Morgan fingerprint density at radius 2 is 1.50 bits per heavy atom. The standard InChI is InChI=1S/C24H21ClN2O/c1-16-13-14-20(15-21(16)25)17(2)27-24(28)22(18-9-5-3-6-10-18)23(26-27)19-11-7-4-8-12-19/h3-15,17,26H,1-2H3. The molecule has 1 heterocycles. The van der Waals surface area contributed by atoms with Gasteiger partial charge in [0.15, 0.2) is 0 Å². The smallest absolute Gasteiger partial charge is 0.275 e. The van der Waals surface area contributed by atoms with E-state index < -0.39 is 0 Å². The second-order valence-electron chi connectivity index (χ2n) is 6.95. The van der Waals surface area contributed by atoms with Gasteiger partial charge in [-0.25, -0.2) is 4.68 Å². The fourth-order valence-electron chi connectivity index (χ4n) is 3.43. The molecule has 0 fully saturated rings. The second-order valence-corrected chi connectivity index (χ2v) is 7.36. The Hall–Kier alpha value is -3.04. The second kappa shape index (κ2) is 7.53. The Balaban J connectivity index is 1.91. The van der Waals surface area contributed by atoms with Crippen LogP contribution in [0.5, 0.6) is 0 Å². The average Bonchev–Trinajstić information content (AvgIpc) is 3.08. The zero-order valence-electron chi connectivity index (χ0n) is 15.8. The van der Waals surface area contributed by atoms with Gasteiger partial charge in [0.25, 0.3) is 5.56 Å². The van der Waals surface area contributed by atoms with Gasteiger partial charge in [-0.3, -0.25) is 9.89 Å². The minimum absolute atomic E-state index is 0.0470. The molecule has 0 amide bonds. The molecule has 1 N–H and O–H groups in total. The molecule has 0 spiro atoms. The van der Waals surface area contributed by atoms with Crippen LogP contribution in [0.25, 0.3) is 22.4 Å². The Morgan fingerprint density at radius 3 is 2.11 bits per heavy atom. The van der Waals surface area contributed by atoms with Crippen molar-refractivity contribution in [1.29, 1.82) is 0 Å². The molecule has 0 radical (unpaired) electrons. The number of nitrogens with one attached hydrogen (secondary N) is 1. The van der Waals surface area contributed by atoms with Crippen molar-refractivity contribution in [2.24, 2.45) is 0 Å². The molecule has 4 aromatic rings. The molecule has 0 aliphatic carbocycles. The molecule has 1 atom stereocenters. The van der Waals surface area contributed by atoms with Gasteiger partial charge in [-0.15, -0.1) is 0 Å². The summed E-state index contributed by atoms with van der Waals surface area (Å²) in [6.45, 7) is 3.97. The first-order valence-corrected chi connectivity index (χ1v) is 9.65. The molecular formula is C24H21ClN2O. The minimum Gasteiger partial charge on any atom is -0.294 e. The molecule has 3 nitrogen and oxygen atoms in total. The summed E-state index contributed by atoms with van der Waals surface area (Å²) in [5.74, 6) is 0. The van der Waals surface area contributed by atoms with Gasteiger partial charge in [0.1, 0.15) is 0 Å². The summed E-state index contributed by atoms with van der Waals surface area (Å²) in [4.78, 5) is 13.4. The van der Waals surface area contributed by atoms with Crippen molar-refractivity contribution in [3.63, 3.8) is 0 Å². The number of nitrogens with zero attached hydrogens (tertiary/aromatic N) is 1. The van der Waals surface area contributed by atoms with Crippen molar-refractivity contribution < 1.29 is 0 Å². The highest BCUT2D eigenvalue weighted by Crippen LogP contribution is 2.30. The monoisotopic (exact) mass is 388 g/mol. The SMILES string of the molecule is Cc1ccc(C(C)n2[nH]c(-c3ccccc3)c(-c3ccccc3)c2=O)cc1Cl. The molecule has 4 heteroatoms. The van der Waals surface area contributed by atoms with Gasteiger partial charge < -0.3 is 0 Å². The lowest BCUT2D eigenvalue weighted by molar-refractivity contribution is 0.549. The van der Waals surface area contributed by atoms with E-state index in [0.717, 1.165) is 27.9 Å². The maximum absolute atomic E-state index is 13.4. The summed E-state index contributed by atoms with van der Waals surface area (Å²) in [6, 6.07) is 25.5. The number of hydrogen-bond acceptors (Lipinski definition) is 1. The van der Waals surface area contributed by atoms with E-state index in [1.54, 1.807) is 4.68 Å². The van der Waals surface area contributed by atoms with Crippen LogP contribution >= 0.6 is 11.6 Å². The molecule has 0 aliphatic heterocycles. The van der Waals surface area contributed by atoms with Gasteiger partial charge >= 0.3 is 0 Å². The highest BCUT2D eigenvalue weighted by atomic mass is 35.5. The molecule has 0 aliphatic rings. The van der Waals surface area contributed by atoms with Crippen molar-refractivity contribution >= 4 is 11.6 Å². The van der Waals surface area contributed by atoms with Crippen LogP contribution in [-0.4, -0.2) is 9.78 Å². The van der Waals surface area contributed by atoms with Gasteiger partial charge in [-0.05, 0) is 36.6 Å². The number of benzene rings is 3. The number of aryl methyl sites for hydroxylation is 1. The van der Waals surface area contributed by atoms with Crippen LogP contribution in [0.15, 0.2) is 83.7 Å². The summed E-state index contributed by atoms with van der Waals surface area (Å²) < 4.78 is 1.69. The zero-order chi connectivity index (χ0) is 19.7. The molecule has 0 saturated carbocycles. The van der Waals surface area contributed by atoms with Crippen LogP contribution in [0.2, 0.25) is 5.02 Å². The van der Waals surface area contributed by atoms with Gasteiger partial charge in [0.05, 0.1) is 17.3 Å². The summed E-state index contributed by atoms with van der Waals surface area (Å²) in [5, 5.41) is 4.06. The van der Waals surface area contributed by atoms with Crippen LogP contribution in [0, 0.1) is 6.92 Å². The van der Waals surface area contributed by atoms with E-state index in [4.69, 9.17) is 11.6 Å².